The van der Waals surface area contributed by atoms with Crippen LogP contribution in [-0.2, 0) is 18.4 Å². The molecule has 0 unspecified atom stereocenters. The Morgan fingerprint density at radius 2 is 2.00 bits per heavy atom. The first-order valence-electron chi connectivity index (χ1n) is 6.74. The molecule has 1 aliphatic rings. The number of imide groups is 1. The van der Waals surface area contributed by atoms with Gasteiger partial charge in [-0.25, -0.2) is 9.18 Å². The van der Waals surface area contributed by atoms with E-state index in [9.17, 15) is 14.0 Å². The largest absolute Gasteiger partial charge is 0.357 e. The van der Waals surface area contributed by atoms with Crippen molar-refractivity contribution >= 4 is 18.0 Å². The number of hydrogen-bond acceptors (Lipinski definition) is 2. The van der Waals surface area contributed by atoms with Crippen molar-refractivity contribution in [3.05, 3.63) is 65.4 Å². The van der Waals surface area contributed by atoms with Gasteiger partial charge in [-0.15, -0.1) is 0 Å². The molecule has 2 heterocycles. The second kappa shape index (κ2) is 5.48. The Morgan fingerprint density at radius 1 is 1.23 bits per heavy atom. The smallest absolute Gasteiger partial charge is 0.329 e. The molecule has 0 bridgehead atoms. The molecule has 1 aromatic heterocycles. The molecule has 22 heavy (non-hydrogen) atoms. The van der Waals surface area contributed by atoms with Crippen LogP contribution < -0.4 is 5.32 Å². The van der Waals surface area contributed by atoms with Crippen LogP contribution in [0.25, 0.3) is 6.08 Å². The second-order valence-electron chi connectivity index (χ2n) is 5.08. The Balaban J connectivity index is 1.83. The highest BCUT2D eigenvalue weighted by Crippen LogP contribution is 2.18. The quantitative estimate of drug-likeness (QED) is 0.698. The van der Waals surface area contributed by atoms with Crippen molar-refractivity contribution < 1.29 is 14.0 Å². The van der Waals surface area contributed by atoms with Crippen LogP contribution in [-0.4, -0.2) is 21.4 Å². The number of nitrogens with one attached hydrogen (secondary N) is 1. The minimum absolute atomic E-state index is 0.0938. The molecule has 0 saturated carbocycles. The topological polar surface area (TPSA) is 54.3 Å². The van der Waals surface area contributed by atoms with E-state index in [1.165, 1.54) is 6.07 Å². The van der Waals surface area contributed by atoms with E-state index in [0.29, 0.717) is 5.56 Å². The van der Waals surface area contributed by atoms with E-state index in [1.807, 2.05) is 30.1 Å². The molecule has 1 fully saturated rings. The van der Waals surface area contributed by atoms with Gasteiger partial charge in [-0.3, -0.25) is 9.69 Å². The average molecular weight is 299 g/mol. The molecule has 6 heteroatoms. The van der Waals surface area contributed by atoms with E-state index in [1.54, 1.807) is 24.3 Å². The van der Waals surface area contributed by atoms with E-state index in [4.69, 9.17) is 0 Å². The lowest BCUT2D eigenvalue weighted by molar-refractivity contribution is -0.123. The van der Waals surface area contributed by atoms with E-state index in [0.717, 1.165) is 10.5 Å². The number of hydrogen-bond donors (Lipinski definition) is 1. The minimum Gasteiger partial charge on any atom is -0.357 e. The Labute approximate surface area is 126 Å². The maximum absolute atomic E-state index is 13.7. The van der Waals surface area contributed by atoms with Gasteiger partial charge in [0.15, 0.2) is 0 Å². The number of rotatable bonds is 3. The molecule has 0 radical (unpaired) electrons. The van der Waals surface area contributed by atoms with Crippen molar-refractivity contribution in [2.45, 2.75) is 6.54 Å². The maximum Gasteiger partial charge on any atom is 0.329 e. The van der Waals surface area contributed by atoms with E-state index in [-0.39, 0.29) is 12.2 Å². The van der Waals surface area contributed by atoms with Crippen molar-refractivity contribution in [2.24, 2.45) is 7.05 Å². The van der Waals surface area contributed by atoms with Crippen LogP contribution in [0.1, 0.15) is 11.1 Å². The van der Waals surface area contributed by atoms with Crippen LogP contribution in [0.15, 0.2) is 48.4 Å². The van der Waals surface area contributed by atoms with Gasteiger partial charge in [0.2, 0.25) is 0 Å². The van der Waals surface area contributed by atoms with Gasteiger partial charge in [0.25, 0.3) is 5.91 Å². The summed E-state index contributed by atoms with van der Waals surface area (Å²) >= 11 is 0. The SMILES string of the molecule is Cn1ccc(/C=C2/NC(=O)N(Cc3ccccc3F)C2=O)c1. The molecule has 3 amide bonds. The third kappa shape index (κ3) is 2.63. The summed E-state index contributed by atoms with van der Waals surface area (Å²) in [6.07, 6.45) is 5.26. The zero-order valence-electron chi connectivity index (χ0n) is 11.9. The molecule has 1 N–H and O–H groups in total. The van der Waals surface area contributed by atoms with Crippen molar-refractivity contribution in [3.63, 3.8) is 0 Å². The van der Waals surface area contributed by atoms with Crippen molar-refractivity contribution in [3.8, 4) is 0 Å². The minimum atomic E-state index is -0.546. The van der Waals surface area contributed by atoms with Gasteiger partial charge >= 0.3 is 6.03 Å². The number of aromatic nitrogens is 1. The summed E-state index contributed by atoms with van der Waals surface area (Å²) < 4.78 is 15.5. The monoisotopic (exact) mass is 299 g/mol. The first-order chi connectivity index (χ1) is 10.5. The molecule has 0 spiro atoms. The summed E-state index contributed by atoms with van der Waals surface area (Å²) in [5.41, 5.74) is 1.29. The third-order valence-corrected chi connectivity index (χ3v) is 3.41. The molecular formula is C16H14FN3O2. The Kier molecular flexibility index (Phi) is 3.50. The Hall–Kier alpha value is -2.89. The number of benzene rings is 1. The second-order valence-corrected chi connectivity index (χ2v) is 5.08. The van der Waals surface area contributed by atoms with Gasteiger partial charge in [-0.1, -0.05) is 18.2 Å². The number of aryl methyl sites for hydroxylation is 1. The fourth-order valence-corrected chi connectivity index (χ4v) is 2.29. The summed E-state index contributed by atoms with van der Waals surface area (Å²) in [6, 6.07) is 7.36. The molecule has 1 aromatic carbocycles. The lowest BCUT2D eigenvalue weighted by atomic mass is 10.2. The van der Waals surface area contributed by atoms with Gasteiger partial charge in [0.05, 0.1) is 6.54 Å². The van der Waals surface area contributed by atoms with Gasteiger partial charge in [-0.05, 0) is 23.8 Å². The van der Waals surface area contributed by atoms with E-state index in [2.05, 4.69) is 5.32 Å². The van der Waals surface area contributed by atoms with Crippen LogP contribution in [0.5, 0.6) is 0 Å². The normalized spacial score (nSPS) is 16.5. The summed E-state index contributed by atoms with van der Waals surface area (Å²) in [5.74, 6) is -0.902. The standard InChI is InChI=1S/C16H14FN3O2/c1-19-7-6-11(9-19)8-14-15(21)20(16(22)18-14)10-12-4-2-3-5-13(12)17/h2-9H,10H2,1H3,(H,18,22)/b14-8+. The molecule has 1 aliphatic heterocycles. The number of carbonyl (C=O) groups is 2. The molecule has 112 valence electrons. The van der Waals surface area contributed by atoms with Crippen molar-refractivity contribution in [1.29, 1.82) is 0 Å². The van der Waals surface area contributed by atoms with Crippen LogP contribution >= 0.6 is 0 Å². The number of carbonyl (C=O) groups excluding carboxylic acids is 2. The summed E-state index contributed by atoms with van der Waals surface area (Å²) in [6.45, 7) is -0.0938. The molecule has 5 nitrogen and oxygen atoms in total. The van der Waals surface area contributed by atoms with E-state index >= 15 is 0 Å². The zero-order valence-corrected chi connectivity index (χ0v) is 11.9. The fraction of sp³-hybridized carbons (Fsp3) is 0.125. The lowest BCUT2D eigenvalue weighted by Crippen LogP contribution is -2.30. The van der Waals surface area contributed by atoms with Crippen molar-refractivity contribution in [1.82, 2.24) is 14.8 Å². The van der Waals surface area contributed by atoms with Gasteiger partial charge in [0.1, 0.15) is 11.5 Å². The summed E-state index contributed by atoms with van der Waals surface area (Å²) in [4.78, 5) is 25.2. The molecule has 3 rings (SSSR count). The number of urea groups is 1. The molecule has 1 saturated heterocycles. The average Bonchev–Trinajstić information content (AvgIpc) is 3.00. The lowest BCUT2D eigenvalue weighted by Gasteiger charge is -2.12. The van der Waals surface area contributed by atoms with Gasteiger partial charge in [0, 0.05) is 25.0 Å². The molecule has 2 aromatic rings. The number of amides is 3. The first-order valence-corrected chi connectivity index (χ1v) is 6.74. The predicted molar refractivity (Wildman–Crippen MR) is 78.9 cm³/mol. The molecule has 0 atom stereocenters. The predicted octanol–water partition coefficient (Wildman–Crippen LogP) is 2.26. The summed E-state index contributed by atoms with van der Waals surface area (Å²) in [7, 11) is 1.86. The van der Waals surface area contributed by atoms with Crippen LogP contribution in [0.2, 0.25) is 0 Å². The number of halogens is 1. The van der Waals surface area contributed by atoms with Crippen molar-refractivity contribution in [2.75, 3.05) is 0 Å². The summed E-state index contributed by atoms with van der Waals surface area (Å²) in [5, 5.41) is 2.52. The molecular weight excluding hydrogens is 285 g/mol. The van der Waals surface area contributed by atoms with Crippen LogP contribution in [0.3, 0.4) is 0 Å². The van der Waals surface area contributed by atoms with E-state index < -0.39 is 17.8 Å². The zero-order chi connectivity index (χ0) is 15.7. The Morgan fingerprint density at radius 3 is 2.68 bits per heavy atom. The Bertz CT molecular complexity index is 779. The number of nitrogens with zero attached hydrogens (tertiary/aromatic N) is 2. The maximum atomic E-state index is 13.7. The first kappa shape index (κ1) is 14.1. The highest BCUT2D eigenvalue weighted by atomic mass is 19.1. The highest BCUT2D eigenvalue weighted by molar-refractivity contribution is 6.13. The van der Waals surface area contributed by atoms with Crippen LogP contribution in [0.4, 0.5) is 9.18 Å². The molecule has 0 aliphatic carbocycles. The van der Waals surface area contributed by atoms with Gasteiger partial charge < -0.3 is 9.88 Å². The fourth-order valence-electron chi connectivity index (χ4n) is 2.29. The third-order valence-electron chi connectivity index (χ3n) is 3.41. The highest BCUT2D eigenvalue weighted by Gasteiger charge is 2.33. The van der Waals surface area contributed by atoms with Gasteiger partial charge in [-0.2, -0.15) is 0 Å². The van der Waals surface area contributed by atoms with Crippen LogP contribution in [0, 0.1) is 5.82 Å².